The molecule has 0 radical (unpaired) electrons. The molecule has 0 unspecified atom stereocenters. The van der Waals surface area contributed by atoms with E-state index in [0.29, 0.717) is 18.4 Å². The number of carboxylic acids is 1. The normalized spacial score (nSPS) is 11.4. The van der Waals surface area contributed by atoms with E-state index in [1.165, 1.54) is 0 Å². The summed E-state index contributed by atoms with van der Waals surface area (Å²) in [6.45, 7) is 2.03. The van der Waals surface area contributed by atoms with Gasteiger partial charge in [-0.2, -0.15) is 0 Å². The molecule has 0 atom stereocenters. The van der Waals surface area contributed by atoms with Crippen LogP contribution in [-0.2, 0) is 22.9 Å². The number of carbonyl (C=O) groups is 1. The molecule has 24 heavy (non-hydrogen) atoms. The highest BCUT2D eigenvalue weighted by Gasteiger charge is 2.21. The number of hydrogen-bond donors (Lipinski definition) is 2. The van der Waals surface area contributed by atoms with Gasteiger partial charge in [0.25, 0.3) is 0 Å². The first-order valence-corrected chi connectivity index (χ1v) is 9.33. The van der Waals surface area contributed by atoms with Crippen LogP contribution < -0.4 is 5.14 Å². The molecule has 0 aliphatic carbocycles. The highest BCUT2D eigenvalue weighted by atomic mass is 32.2. The second-order valence-electron chi connectivity index (χ2n) is 5.73. The van der Waals surface area contributed by atoms with Crippen LogP contribution in [0.4, 0.5) is 0 Å². The lowest BCUT2D eigenvalue weighted by Gasteiger charge is -2.15. The van der Waals surface area contributed by atoms with Crippen LogP contribution in [0.2, 0.25) is 0 Å². The van der Waals surface area contributed by atoms with Crippen LogP contribution in [0.3, 0.4) is 0 Å². The summed E-state index contributed by atoms with van der Waals surface area (Å²) < 4.78 is 24.1. The minimum atomic E-state index is -4.02. The van der Waals surface area contributed by atoms with Crippen molar-refractivity contribution in [2.45, 2.75) is 37.5 Å². The van der Waals surface area contributed by atoms with E-state index >= 15 is 0 Å². The van der Waals surface area contributed by atoms with Gasteiger partial charge in [0.2, 0.25) is 10.0 Å². The van der Waals surface area contributed by atoms with Crippen LogP contribution in [0.25, 0.3) is 0 Å². The van der Waals surface area contributed by atoms with Crippen molar-refractivity contribution in [2.24, 2.45) is 5.14 Å². The molecule has 0 aromatic heterocycles. The Morgan fingerprint density at radius 2 is 1.83 bits per heavy atom. The van der Waals surface area contributed by atoms with Gasteiger partial charge < -0.3 is 5.11 Å². The Morgan fingerprint density at radius 1 is 1.17 bits per heavy atom. The van der Waals surface area contributed by atoms with E-state index in [1.54, 1.807) is 6.07 Å². The molecule has 2 rings (SSSR count). The molecule has 3 N–H and O–H groups in total. The summed E-state index contributed by atoms with van der Waals surface area (Å²) >= 11 is 0. The van der Waals surface area contributed by atoms with E-state index in [4.69, 9.17) is 5.14 Å². The fourth-order valence-corrected chi connectivity index (χ4v) is 3.51. The molecule has 128 valence electrons. The van der Waals surface area contributed by atoms with Crippen LogP contribution in [-0.4, -0.2) is 19.5 Å². The van der Waals surface area contributed by atoms with Gasteiger partial charge in [0, 0.05) is 0 Å². The number of hydrogen-bond acceptors (Lipinski definition) is 3. The van der Waals surface area contributed by atoms with Crippen molar-refractivity contribution in [2.75, 3.05) is 0 Å². The number of primary sulfonamides is 1. The fraction of sp³-hybridized carbons (Fsp3) is 0.278. The first-order chi connectivity index (χ1) is 11.3. The predicted molar refractivity (Wildman–Crippen MR) is 92.6 cm³/mol. The molecule has 2 aromatic rings. The van der Waals surface area contributed by atoms with Gasteiger partial charge in [-0.1, -0.05) is 43.7 Å². The Hall–Kier alpha value is -2.18. The Balaban J connectivity index is 2.64. The molecule has 0 saturated carbocycles. The smallest absolute Gasteiger partial charge is 0.335 e. The van der Waals surface area contributed by atoms with Crippen LogP contribution in [0.5, 0.6) is 0 Å². The lowest BCUT2D eigenvalue weighted by atomic mass is 9.94. The van der Waals surface area contributed by atoms with Gasteiger partial charge in [-0.25, -0.2) is 18.4 Å². The molecule has 6 heteroatoms. The largest absolute Gasteiger partial charge is 0.478 e. The third kappa shape index (κ3) is 4.43. The molecular weight excluding hydrogens is 326 g/mol. The maximum absolute atomic E-state index is 12.0. The highest BCUT2D eigenvalue weighted by Crippen LogP contribution is 2.26. The summed E-state index contributed by atoms with van der Waals surface area (Å²) in [6.07, 6.45) is 2.77. The number of nitrogens with two attached hydrogens (primary N) is 1. The number of benzene rings is 2. The van der Waals surface area contributed by atoms with Gasteiger partial charge in [0.15, 0.2) is 0 Å². The van der Waals surface area contributed by atoms with E-state index < -0.39 is 16.0 Å². The van der Waals surface area contributed by atoms with Crippen molar-refractivity contribution in [3.8, 4) is 0 Å². The van der Waals surface area contributed by atoms with E-state index in [9.17, 15) is 18.3 Å². The molecule has 0 aliphatic heterocycles. The van der Waals surface area contributed by atoms with Crippen LogP contribution >= 0.6 is 0 Å². The zero-order valence-electron chi connectivity index (χ0n) is 13.5. The molecular formula is C18H21NO4S. The zero-order valence-corrected chi connectivity index (χ0v) is 14.3. The van der Waals surface area contributed by atoms with Crippen LogP contribution in [0.1, 0.15) is 46.8 Å². The highest BCUT2D eigenvalue weighted by molar-refractivity contribution is 7.89. The van der Waals surface area contributed by atoms with Gasteiger partial charge in [-0.3, -0.25) is 0 Å². The van der Waals surface area contributed by atoms with Crippen molar-refractivity contribution >= 4 is 16.0 Å². The summed E-state index contributed by atoms with van der Waals surface area (Å²) in [4.78, 5) is 11.2. The lowest BCUT2D eigenvalue weighted by Crippen LogP contribution is -2.17. The second kappa shape index (κ2) is 7.59. The monoisotopic (exact) mass is 347 g/mol. The maximum atomic E-state index is 12.0. The fourth-order valence-electron chi connectivity index (χ4n) is 2.67. The first kappa shape index (κ1) is 18.2. The van der Waals surface area contributed by atoms with Crippen LogP contribution in [0.15, 0.2) is 47.4 Å². The van der Waals surface area contributed by atoms with E-state index in [2.05, 4.69) is 0 Å². The minimum absolute atomic E-state index is 0.0538. The second-order valence-corrected chi connectivity index (χ2v) is 7.26. The number of aromatic carboxylic acids is 1. The summed E-state index contributed by atoms with van der Waals surface area (Å²) in [6, 6.07) is 12.2. The summed E-state index contributed by atoms with van der Waals surface area (Å²) in [5, 5.41) is 14.6. The van der Waals surface area contributed by atoms with E-state index in [1.807, 2.05) is 37.3 Å². The van der Waals surface area contributed by atoms with E-state index in [0.717, 1.165) is 30.0 Å². The Labute approximate surface area is 142 Å². The number of carboxylic acid groups (broad SMARTS) is 1. The topological polar surface area (TPSA) is 97.5 Å². The van der Waals surface area contributed by atoms with Crippen LogP contribution in [0, 0.1) is 0 Å². The number of aryl methyl sites for hydroxylation is 1. The Morgan fingerprint density at radius 3 is 2.38 bits per heavy atom. The van der Waals surface area contributed by atoms with Gasteiger partial charge in [-0.15, -0.1) is 0 Å². The van der Waals surface area contributed by atoms with Gasteiger partial charge in [0.05, 0.1) is 10.5 Å². The maximum Gasteiger partial charge on any atom is 0.335 e. The minimum Gasteiger partial charge on any atom is -0.478 e. The average molecular weight is 347 g/mol. The standard InChI is InChI=1S/C18H21NO4S/c1-2-3-9-14-11-15(18(20)21)12-17(24(19,22)23)16(14)10-13-7-5-4-6-8-13/h4-8,11-12H,2-3,9-10H2,1H3,(H,20,21)(H2,19,22,23). The molecule has 0 amide bonds. The van der Waals surface area contributed by atoms with Gasteiger partial charge >= 0.3 is 5.97 Å². The van der Waals surface area contributed by atoms with Gasteiger partial charge in [-0.05, 0) is 48.1 Å². The number of sulfonamides is 1. The van der Waals surface area contributed by atoms with Crippen molar-refractivity contribution in [3.05, 3.63) is 64.7 Å². The SMILES string of the molecule is CCCCc1cc(C(=O)O)cc(S(N)(=O)=O)c1Cc1ccccc1. The summed E-state index contributed by atoms with van der Waals surface area (Å²) in [7, 11) is -4.02. The molecule has 0 saturated heterocycles. The lowest BCUT2D eigenvalue weighted by molar-refractivity contribution is 0.0696. The van der Waals surface area contributed by atoms with Crippen molar-refractivity contribution in [1.29, 1.82) is 0 Å². The van der Waals surface area contributed by atoms with E-state index in [-0.39, 0.29) is 10.5 Å². The quantitative estimate of drug-likeness (QED) is 0.804. The molecule has 0 spiro atoms. The average Bonchev–Trinajstić information content (AvgIpc) is 2.53. The zero-order chi connectivity index (χ0) is 17.7. The molecule has 0 heterocycles. The first-order valence-electron chi connectivity index (χ1n) is 7.78. The number of rotatable bonds is 7. The Kier molecular flexibility index (Phi) is 5.75. The molecule has 0 bridgehead atoms. The van der Waals surface area contributed by atoms with Crippen molar-refractivity contribution in [1.82, 2.24) is 0 Å². The van der Waals surface area contributed by atoms with Crippen molar-refractivity contribution < 1.29 is 18.3 Å². The Bertz CT molecular complexity index is 830. The summed E-state index contributed by atoms with van der Waals surface area (Å²) in [5.74, 6) is -1.16. The molecule has 2 aromatic carbocycles. The van der Waals surface area contributed by atoms with Crippen molar-refractivity contribution in [3.63, 3.8) is 0 Å². The third-order valence-electron chi connectivity index (χ3n) is 3.88. The summed E-state index contributed by atoms with van der Waals surface area (Å²) in [5.41, 5.74) is 2.21. The third-order valence-corrected chi connectivity index (χ3v) is 4.86. The molecule has 0 aliphatic rings. The predicted octanol–water partition coefficient (Wildman–Crippen LogP) is 2.97. The molecule has 0 fully saturated rings. The number of unbranched alkanes of at least 4 members (excludes halogenated alkanes) is 1. The van der Waals surface area contributed by atoms with Gasteiger partial charge in [0.1, 0.15) is 0 Å². The molecule has 5 nitrogen and oxygen atoms in total.